The molecule has 2 heterocycles. The number of fused-ring (bicyclic) bond motifs is 6. The lowest BCUT2D eigenvalue weighted by Crippen LogP contribution is -2.28. The third-order valence-electron chi connectivity index (χ3n) is 12.6. The standard InChI is InChI=1S/C59H38N2O/c1-3-17-41(18-4-1)58-60-54(38-55(61-58)48-26-8-7-23-45(48)50-28-16-29-51-49-27-11-14-32-56(49)62-57(50)51)40-35-33-39(34-36-40)42-19-15-22-44(37-42)59(43-20-5-2-6-21-43)52-30-12-9-24-46(52)47-25-10-13-31-53(47)59/h1-38H. The molecule has 0 fully saturated rings. The van der Waals surface area contributed by atoms with Crippen LogP contribution >= 0.6 is 0 Å². The number of benzene rings is 9. The molecule has 290 valence electrons. The van der Waals surface area contributed by atoms with Crippen LogP contribution in [-0.4, -0.2) is 9.97 Å². The molecule has 12 rings (SSSR count). The van der Waals surface area contributed by atoms with Crippen molar-refractivity contribution in [1.29, 1.82) is 0 Å². The van der Waals surface area contributed by atoms with Crippen molar-refractivity contribution in [2.75, 3.05) is 0 Å². The Morgan fingerprint density at radius 1 is 0.323 bits per heavy atom. The van der Waals surface area contributed by atoms with Crippen molar-refractivity contribution in [2.45, 2.75) is 5.41 Å². The summed E-state index contributed by atoms with van der Waals surface area (Å²) >= 11 is 0. The third kappa shape index (κ3) is 5.67. The summed E-state index contributed by atoms with van der Waals surface area (Å²) < 4.78 is 6.53. The van der Waals surface area contributed by atoms with Crippen LogP contribution in [0.15, 0.2) is 235 Å². The Balaban J connectivity index is 0.972. The first-order valence-corrected chi connectivity index (χ1v) is 21.1. The molecule has 0 bridgehead atoms. The fourth-order valence-corrected chi connectivity index (χ4v) is 9.83. The number of rotatable bonds is 7. The summed E-state index contributed by atoms with van der Waals surface area (Å²) in [5.41, 5.74) is 18.1. The first-order chi connectivity index (χ1) is 30.7. The molecule has 0 spiro atoms. The molecule has 11 aromatic rings. The summed E-state index contributed by atoms with van der Waals surface area (Å²) in [5.74, 6) is 0.676. The van der Waals surface area contributed by atoms with Crippen molar-refractivity contribution in [2.24, 2.45) is 0 Å². The summed E-state index contributed by atoms with van der Waals surface area (Å²) in [4.78, 5) is 10.4. The average Bonchev–Trinajstić information content (AvgIpc) is 3.89. The highest BCUT2D eigenvalue weighted by Crippen LogP contribution is 2.56. The van der Waals surface area contributed by atoms with Gasteiger partial charge in [-0.1, -0.05) is 212 Å². The Kier molecular flexibility index (Phi) is 8.39. The highest BCUT2D eigenvalue weighted by molar-refractivity contribution is 6.10. The lowest BCUT2D eigenvalue weighted by Gasteiger charge is -2.34. The Bertz CT molecular complexity index is 3410. The second-order valence-electron chi connectivity index (χ2n) is 16.0. The molecule has 0 radical (unpaired) electrons. The van der Waals surface area contributed by atoms with E-state index in [9.17, 15) is 0 Å². The zero-order valence-electron chi connectivity index (χ0n) is 33.7. The molecular weight excluding hydrogens is 753 g/mol. The second kappa shape index (κ2) is 14.5. The quantitative estimate of drug-likeness (QED) is 0.161. The minimum atomic E-state index is -0.457. The van der Waals surface area contributed by atoms with E-state index in [0.717, 1.165) is 72.3 Å². The van der Waals surface area contributed by atoms with Gasteiger partial charge in [-0.25, -0.2) is 9.97 Å². The Labute approximate surface area is 360 Å². The van der Waals surface area contributed by atoms with Crippen molar-refractivity contribution in [3.05, 3.63) is 253 Å². The van der Waals surface area contributed by atoms with Crippen molar-refractivity contribution >= 4 is 21.9 Å². The fourth-order valence-electron chi connectivity index (χ4n) is 9.83. The van der Waals surface area contributed by atoms with Gasteiger partial charge in [0.25, 0.3) is 0 Å². The third-order valence-corrected chi connectivity index (χ3v) is 12.6. The maximum Gasteiger partial charge on any atom is 0.160 e. The van der Waals surface area contributed by atoms with Crippen LogP contribution in [-0.2, 0) is 5.41 Å². The van der Waals surface area contributed by atoms with E-state index in [4.69, 9.17) is 14.4 Å². The lowest BCUT2D eigenvalue weighted by atomic mass is 9.67. The predicted octanol–water partition coefficient (Wildman–Crippen LogP) is 15.1. The number of hydrogen-bond acceptors (Lipinski definition) is 3. The van der Waals surface area contributed by atoms with Crippen molar-refractivity contribution in [3.63, 3.8) is 0 Å². The Morgan fingerprint density at radius 3 is 1.61 bits per heavy atom. The molecule has 62 heavy (non-hydrogen) atoms. The van der Waals surface area contributed by atoms with Crippen molar-refractivity contribution in [1.82, 2.24) is 9.97 Å². The second-order valence-corrected chi connectivity index (χ2v) is 16.0. The molecular formula is C59H38N2O. The number of aromatic nitrogens is 2. The molecule has 2 aromatic heterocycles. The first kappa shape index (κ1) is 35.8. The number of furan rings is 1. The van der Waals surface area contributed by atoms with E-state index in [-0.39, 0.29) is 0 Å². The van der Waals surface area contributed by atoms with E-state index in [0.29, 0.717) is 5.82 Å². The smallest absolute Gasteiger partial charge is 0.160 e. The zero-order chi connectivity index (χ0) is 41.0. The number of para-hydroxylation sites is 2. The largest absolute Gasteiger partial charge is 0.455 e. The molecule has 9 aromatic carbocycles. The van der Waals surface area contributed by atoms with Crippen molar-refractivity contribution in [3.8, 4) is 67.3 Å². The number of nitrogens with zero attached hydrogens (tertiary/aromatic N) is 2. The van der Waals surface area contributed by atoms with Crippen LogP contribution in [0.5, 0.6) is 0 Å². The van der Waals surface area contributed by atoms with Crippen LogP contribution in [0.3, 0.4) is 0 Å². The maximum atomic E-state index is 6.53. The van der Waals surface area contributed by atoms with E-state index >= 15 is 0 Å². The molecule has 0 atom stereocenters. The van der Waals surface area contributed by atoms with Gasteiger partial charge in [0.15, 0.2) is 5.82 Å². The van der Waals surface area contributed by atoms with Gasteiger partial charge >= 0.3 is 0 Å². The monoisotopic (exact) mass is 790 g/mol. The van der Waals surface area contributed by atoms with Gasteiger partial charge in [0, 0.05) is 33.0 Å². The van der Waals surface area contributed by atoms with Gasteiger partial charge in [-0.15, -0.1) is 0 Å². The minimum Gasteiger partial charge on any atom is -0.455 e. The Morgan fingerprint density at radius 2 is 0.855 bits per heavy atom. The van der Waals surface area contributed by atoms with Gasteiger partial charge in [-0.05, 0) is 68.3 Å². The van der Waals surface area contributed by atoms with E-state index < -0.39 is 5.41 Å². The molecule has 0 aliphatic heterocycles. The SMILES string of the molecule is c1ccc(-c2nc(-c3ccc(-c4cccc(C5(c6ccccc6)c6ccccc6-c6ccccc65)c4)cc3)cc(-c3ccccc3-c3cccc4c3oc3ccccc34)n2)cc1. The highest BCUT2D eigenvalue weighted by atomic mass is 16.3. The van der Waals surface area contributed by atoms with Crippen LogP contribution in [0.1, 0.15) is 22.3 Å². The zero-order valence-corrected chi connectivity index (χ0v) is 33.7. The molecule has 0 saturated carbocycles. The van der Waals surface area contributed by atoms with Gasteiger partial charge in [-0.2, -0.15) is 0 Å². The van der Waals surface area contributed by atoms with Gasteiger partial charge in [0.1, 0.15) is 11.2 Å². The summed E-state index contributed by atoms with van der Waals surface area (Å²) in [6.45, 7) is 0. The molecule has 0 unspecified atom stereocenters. The fraction of sp³-hybridized carbons (Fsp3) is 0.0169. The van der Waals surface area contributed by atoms with Crippen LogP contribution in [0, 0.1) is 0 Å². The molecule has 0 amide bonds. The Hall–Kier alpha value is -8.14. The average molecular weight is 791 g/mol. The lowest BCUT2D eigenvalue weighted by molar-refractivity contribution is 0.670. The number of hydrogen-bond donors (Lipinski definition) is 0. The summed E-state index contributed by atoms with van der Waals surface area (Å²) in [7, 11) is 0. The summed E-state index contributed by atoms with van der Waals surface area (Å²) in [6, 6.07) is 82.2. The normalized spacial score (nSPS) is 12.6. The first-order valence-electron chi connectivity index (χ1n) is 21.1. The summed E-state index contributed by atoms with van der Waals surface area (Å²) in [5, 5.41) is 2.21. The predicted molar refractivity (Wildman–Crippen MR) is 254 cm³/mol. The van der Waals surface area contributed by atoms with E-state index in [1.54, 1.807) is 0 Å². The molecule has 1 aliphatic rings. The summed E-state index contributed by atoms with van der Waals surface area (Å²) in [6.07, 6.45) is 0. The van der Waals surface area contributed by atoms with Gasteiger partial charge < -0.3 is 4.42 Å². The molecule has 0 N–H and O–H groups in total. The van der Waals surface area contributed by atoms with Crippen LogP contribution in [0.25, 0.3) is 89.2 Å². The molecule has 0 saturated heterocycles. The van der Waals surface area contributed by atoms with Crippen LogP contribution in [0.4, 0.5) is 0 Å². The topological polar surface area (TPSA) is 38.9 Å². The van der Waals surface area contributed by atoms with E-state index in [1.165, 1.54) is 33.4 Å². The van der Waals surface area contributed by atoms with E-state index in [1.807, 2.05) is 30.3 Å². The van der Waals surface area contributed by atoms with E-state index in [2.05, 4.69) is 200 Å². The molecule has 3 nitrogen and oxygen atoms in total. The molecule has 3 heteroatoms. The van der Waals surface area contributed by atoms with Crippen LogP contribution < -0.4 is 0 Å². The van der Waals surface area contributed by atoms with Gasteiger partial charge in [-0.3, -0.25) is 0 Å². The maximum absolute atomic E-state index is 6.53. The van der Waals surface area contributed by atoms with Crippen molar-refractivity contribution < 1.29 is 4.42 Å². The molecule has 1 aliphatic carbocycles. The van der Waals surface area contributed by atoms with Crippen LogP contribution in [0.2, 0.25) is 0 Å². The van der Waals surface area contributed by atoms with Gasteiger partial charge in [0.05, 0.1) is 16.8 Å². The van der Waals surface area contributed by atoms with Gasteiger partial charge in [0.2, 0.25) is 0 Å². The highest BCUT2D eigenvalue weighted by Gasteiger charge is 2.45. The minimum absolute atomic E-state index is 0.457.